The topological polar surface area (TPSA) is 146 Å². The van der Waals surface area contributed by atoms with Crippen LogP contribution in [0.25, 0.3) is 0 Å². The molecule has 5 aliphatic rings. The molecule has 1 heterocycles. The van der Waals surface area contributed by atoms with E-state index < -0.39 is 28.9 Å². The molecule has 11 nitrogen and oxygen atoms in total. The maximum absolute atomic E-state index is 14.3. The second-order valence-corrected chi connectivity index (χ2v) is 21.3. The fraction of sp³-hybridized carbons (Fsp3) is 0.844. The fourth-order valence-electron chi connectivity index (χ4n) is 13.5. The highest BCUT2D eigenvalue weighted by Crippen LogP contribution is 2.77. The van der Waals surface area contributed by atoms with E-state index in [0.29, 0.717) is 43.1 Å². The van der Waals surface area contributed by atoms with Crippen LogP contribution >= 0.6 is 0 Å². The number of aromatic nitrogens is 2. The van der Waals surface area contributed by atoms with E-state index in [-0.39, 0.29) is 51.8 Å². The lowest BCUT2D eigenvalue weighted by molar-refractivity contribution is -0.235. The minimum absolute atomic E-state index is 0.0255. The molecule has 2 unspecified atom stereocenters. The first-order chi connectivity index (χ1) is 25.9. The van der Waals surface area contributed by atoms with Crippen molar-refractivity contribution >= 4 is 17.7 Å². The molecule has 4 saturated carbocycles. The molecule has 6 rings (SSSR count). The van der Waals surface area contributed by atoms with Gasteiger partial charge in [0.05, 0.1) is 24.5 Å². The molecule has 0 bridgehead atoms. The standard InChI is InChI=1S/C45H72N4O7/c1-27(2)37-30(50)23-45(33(51)25-49(22-21-48(11)12)26-35-47-46-28(3)55-35)20-19-43(9)29(38(37)45)13-14-32-42(8)17-16-34(56-36(52)24-40(4,5)39(53)54)41(6,7)31(42)15-18-44(32,43)10/h27,29,31-34,51H,13-26H2,1-12H3,(H,53,54)/t29-,31-,32-,33?,34+,42+,43-,44-,45?/m1/s1. The SMILES string of the molecule is Cc1nnc(CN(CCN(C)C)CC(O)C23CC[C@]4(C)[C@H](CC[C@@H]5[C@@]6(C)CC[C@H](OC(=O)CC(C)(C)C(=O)O)C(C)(C)[C@H]6CC[C@]54C)C2=C(C(C)C)C(=O)C3)o1. The quantitative estimate of drug-likeness (QED) is 0.192. The summed E-state index contributed by atoms with van der Waals surface area (Å²) in [6.07, 6.45) is 6.92. The van der Waals surface area contributed by atoms with Gasteiger partial charge in [-0.05, 0) is 125 Å². The van der Waals surface area contributed by atoms with E-state index in [9.17, 15) is 24.6 Å². The van der Waals surface area contributed by atoms with E-state index in [1.54, 1.807) is 20.8 Å². The normalized spacial score (nSPS) is 36.0. The fourth-order valence-corrected chi connectivity index (χ4v) is 13.5. The molecule has 0 spiro atoms. The molecule has 0 aliphatic heterocycles. The molecule has 0 aromatic carbocycles. The summed E-state index contributed by atoms with van der Waals surface area (Å²) < 4.78 is 12.0. The predicted molar refractivity (Wildman–Crippen MR) is 214 cm³/mol. The van der Waals surface area contributed by atoms with Crippen molar-refractivity contribution in [1.29, 1.82) is 0 Å². The van der Waals surface area contributed by atoms with Crippen LogP contribution < -0.4 is 0 Å². The van der Waals surface area contributed by atoms with Crippen molar-refractivity contribution in [3.05, 3.63) is 22.9 Å². The zero-order valence-corrected chi connectivity index (χ0v) is 36.6. The van der Waals surface area contributed by atoms with Gasteiger partial charge in [0.15, 0.2) is 5.78 Å². The Bertz CT molecular complexity index is 1710. The minimum Gasteiger partial charge on any atom is -0.481 e. The number of carboxylic acids is 1. The van der Waals surface area contributed by atoms with Crippen molar-refractivity contribution < 1.29 is 33.8 Å². The van der Waals surface area contributed by atoms with Crippen molar-refractivity contribution in [1.82, 2.24) is 20.0 Å². The number of carboxylic acid groups (broad SMARTS) is 1. The first kappa shape index (κ1) is 43.0. The van der Waals surface area contributed by atoms with Crippen LogP contribution in [0.15, 0.2) is 15.6 Å². The summed E-state index contributed by atoms with van der Waals surface area (Å²) in [7, 11) is 4.10. The predicted octanol–water partition coefficient (Wildman–Crippen LogP) is 7.50. The van der Waals surface area contributed by atoms with E-state index in [0.717, 1.165) is 70.0 Å². The number of allylic oxidation sites excluding steroid dienone is 1. The number of nitrogens with zero attached hydrogens (tertiary/aromatic N) is 4. The number of carbonyl (C=O) groups is 3. The zero-order valence-electron chi connectivity index (χ0n) is 36.6. The van der Waals surface area contributed by atoms with Gasteiger partial charge in [0, 0.05) is 43.8 Å². The summed E-state index contributed by atoms with van der Waals surface area (Å²) in [5.41, 5.74) is 0.245. The first-order valence-corrected chi connectivity index (χ1v) is 21.5. The lowest BCUT2D eigenvalue weighted by Crippen LogP contribution is -2.66. The molecular weight excluding hydrogens is 709 g/mol. The van der Waals surface area contributed by atoms with Crippen molar-refractivity contribution in [2.45, 2.75) is 152 Å². The minimum atomic E-state index is -1.17. The molecule has 11 heteroatoms. The monoisotopic (exact) mass is 781 g/mol. The Hall–Kier alpha value is -2.63. The van der Waals surface area contributed by atoms with Gasteiger partial charge in [-0.3, -0.25) is 19.3 Å². The van der Waals surface area contributed by atoms with Crippen molar-refractivity contribution in [3.63, 3.8) is 0 Å². The smallest absolute Gasteiger partial charge is 0.309 e. The number of aryl methyl sites for hydroxylation is 1. The van der Waals surface area contributed by atoms with Gasteiger partial charge < -0.3 is 24.3 Å². The van der Waals surface area contributed by atoms with E-state index >= 15 is 0 Å². The van der Waals surface area contributed by atoms with Crippen LogP contribution in [-0.2, 0) is 25.7 Å². The lowest BCUT2D eigenvalue weighted by Gasteiger charge is -2.72. The number of aliphatic hydroxyl groups is 1. The molecule has 0 amide bonds. The van der Waals surface area contributed by atoms with E-state index in [1.807, 2.05) is 0 Å². The molecule has 1 aromatic rings. The number of carbonyl (C=O) groups excluding carboxylic acids is 2. The van der Waals surface area contributed by atoms with Gasteiger partial charge in [0.1, 0.15) is 6.10 Å². The van der Waals surface area contributed by atoms with E-state index in [1.165, 1.54) is 5.57 Å². The largest absolute Gasteiger partial charge is 0.481 e. The van der Waals surface area contributed by atoms with Gasteiger partial charge in [-0.1, -0.05) is 54.0 Å². The van der Waals surface area contributed by atoms with Crippen LogP contribution in [0.5, 0.6) is 0 Å². The van der Waals surface area contributed by atoms with Crippen molar-refractivity contribution in [3.8, 4) is 0 Å². The molecule has 0 saturated heterocycles. The summed E-state index contributed by atoms with van der Waals surface area (Å²) in [5, 5.41) is 30.6. The lowest BCUT2D eigenvalue weighted by atomic mass is 9.33. The Morgan fingerprint density at radius 1 is 0.946 bits per heavy atom. The van der Waals surface area contributed by atoms with Crippen LogP contribution in [0, 0.1) is 63.1 Å². The summed E-state index contributed by atoms with van der Waals surface area (Å²) in [6, 6.07) is 0. The molecule has 4 fully saturated rings. The average Bonchev–Trinajstić information content (AvgIpc) is 3.64. The number of ketones is 1. The number of fused-ring (bicyclic) bond motifs is 7. The molecule has 56 heavy (non-hydrogen) atoms. The Balaban J connectivity index is 1.29. The van der Waals surface area contributed by atoms with E-state index in [2.05, 4.69) is 82.6 Å². The third-order valence-electron chi connectivity index (χ3n) is 16.7. The van der Waals surface area contributed by atoms with Crippen molar-refractivity contribution in [2.24, 2.45) is 56.2 Å². The zero-order chi connectivity index (χ0) is 41.4. The van der Waals surface area contributed by atoms with Crippen LogP contribution in [0.3, 0.4) is 0 Å². The highest BCUT2D eigenvalue weighted by molar-refractivity contribution is 6.00. The molecule has 9 atom stereocenters. The number of esters is 1. The Morgan fingerprint density at radius 2 is 1.64 bits per heavy atom. The van der Waals surface area contributed by atoms with Gasteiger partial charge >= 0.3 is 11.9 Å². The maximum Gasteiger partial charge on any atom is 0.309 e. The van der Waals surface area contributed by atoms with Crippen LogP contribution in [-0.4, -0.2) is 93.9 Å². The molecule has 5 aliphatic carbocycles. The number of ether oxygens (including phenoxy) is 1. The number of Topliss-reactive ketones (excluding diaryl/α,β-unsaturated/α-hetero) is 1. The average molecular weight is 781 g/mol. The summed E-state index contributed by atoms with van der Waals surface area (Å²) in [6.45, 7) is 23.8. The maximum atomic E-state index is 14.3. The van der Waals surface area contributed by atoms with Gasteiger partial charge in [0.25, 0.3) is 0 Å². The van der Waals surface area contributed by atoms with Crippen molar-refractivity contribution in [2.75, 3.05) is 33.7 Å². The van der Waals surface area contributed by atoms with E-state index in [4.69, 9.17) is 9.15 Å². The highest BCUT2D eigenvalue weighted by atomic mass is 16.5. The van der Waals surface area contributed by atoms with Crippen LogP contribution in [0.2, 0.25) is 0 Å². The first-order valence-electron chi connectivity index (χ1n) is 21.5. The Labute approximate surface area is 335 Å². The van der Waals surface area contributed by atoms with Crippen LogP contribution in [0.4, 0.5) is 0 Å². The Morgan fingerprint density at radius 3 is 2.25 bits per heavy atom. The molecule has 314 valence electrons. The number of likely N-dealkylation sites (N-methyl/N-ethyl adjacent to an activating group) is 1. The number of hydrogen-bond donors (Lipinski definition) is 2. The third-order valence-corrected chi connectivity index (χ3v) is 16.7. The molecular formula is C45H72N4O7. The Kier molecular flexibility index (Phi) is 11.4. The molecule has 1 aromatic heterocycles. The number of hydrogen-bond acceptors (Lipinski definition) is 10. The van der Waals surface area contributed by atoms with Crippen LogP contribution in [0.1, 0.15) is 138 Å². The number of aliphatic hydroxyl groups excluding tert-OH is 1. The summed E-state index contributed by atoms with van der Waals surface area (Å²) in [5.74, 6) is 0.977. The van der Waals surface area contributed by atoms with Gasteiger partial charge in [-0.25, -0.2) is 0 Å². The van der Waals surface area contributed by atoms with Gasteiger partial charge in [-0.2, -0.15) is 0 Å². The highest BCUT2D eigenvalue weighted by Gasteiger charge is 2.71. The second-order valence-electron chi connectivity index (χ2n) is 21.3. The second kappa shape index (κ2) is 14.9. The third kappa shape index (κ3) is 7.01. The molecule has 2 N–H and O–H groups in total. The summed E-state index contributed by atoms with van der Waals surface area (Å²) in [4.78, 5) is 43.6. The number of aliphatic carboxylic acids is 1. The summed E-state index contributed by atoms with van der Waals surface area (Å²) >= 11 is 0. The van der Waals surface area contributed by atoms with Gasteiger partial charge in [0.2, 0.25) is 11.8 Å². The van der Waals surface area contributed by atoms with Gasteiger partial charge in [-0.15, -0.1) is 10.2 Å². The number of rotatable bonds is 13. The molecule has 0 radical (unpaired) electrons.